The molecule has 2 amide bonds. The smallest absolute Gasteiger partial charge is 0.339 e. The molecule has 2 aromatic carbocycles. The number of aryl methyl sites for hydroxylation is 1. The number of hydrazone groups is 1. The van der Waals surface area contributed by atoms with Crippen LogP contribution < -0.4 is 10.7 Å². The van der Waals surface area contributed by atoms with Crippen molar-refractivity contribution in [1.82, 2.24) is 15.2 Å². The SMILES string of the molecule is CC(=NNC(=O)Nc1ccc(C(=O)O)cc1)c1c(C)nn(-c2ccccc2)c1C. The Morgan fingerprint density at radius 1 is 1.03 bits per heavy atom. The van der Waals surface area contributed by atoms with Gasteiger partial charge in [-0.15, -0.1) is 0 Å². The van der Waals surface area contributed by atoms with E-state index in [1.54, 1.807) is 6.92 Å². The lowest BCUT2D eigenvalue weighted by molar-refractivity contribution is 0.0697. The number of carboxylic acids is 1. The summed E-state index contributed by atoms with van der Waals surface area (Å²) in [7, 11) is 0. The Balaban J connectivity index is 1.72. The Bertz CT molecular complexity index is 1070. The molecule has 3 N–H and O–H groups in total. The summed E-state index contributed by atoms with van der Waals surface area (Å²) in [5, 5.41) is 20.3. The molecule has 0 atom stereocenters. The quantitative estimate of drug-likeness (QED) is 0.455. The molecule has 0 spiro atoms. The number of carboxylic acid groups (broad SMARTS) is 1. The molecule has 0 unspecified atom stereocenters. The predicted molar refractivity (Wildman–Crippen MR) is 111 cm³/mol. The molecule has 0 aliphatic rings. The van der Waals surface area contributed by atoms with Crippen LogP contribution in [0.15, 0.2) is 59.7 Å². The molecular weight excluding hydrogens is 370 g/mol. The molecule has 0 saturated carbocycles. The number of rotatable bonds is 5. The first-order valence-corrected chi connectivity index (χ1v) is 8.93. The molecule has 8 nitrogen and oxygen atoms in total. The number of aromatic nitrogens is 2. The van der Waals surface area contributed by atoms with Gasteiger partial charge >= 0.3 is 12.0 Å². The van der Waals surface area contributed by atoms with Crippen LogP contribution in [0.1, 0.15) is 34.2 Å². The number of para-hydroxylation sites is 1. The van der Waals surface area contributed by atoms with Crippen molar-refractivity contribution in [3.05, 3.63) is 77.1 Å². The Hall–Kier alpha value is -3.94. The van der Waals surface area contributed by atoms with Crippen LogP contribution in [-0.2, 0) is 0 Å². The van der Waals surface area contributed by atoms with Gasteiger partial charge in [-0.05, 0) is 57.2 Å². The maximum atomic E-state index is 12.1. The fraction of sp³-hybridized carbons (Fsp3) is 0.143. The van der Waals surface area contributed by atoms with Gasteiger partial charge in [-0.2, -0.15) is 10.2 Å². The van der Waals surface area contributed by atoms with E-state index >= 15 is 0 Å². The van der Waals surface area contributed by atoms with E-state index in [1.807, 2.05) is 48.9 Å². The van der Waals surface area contributed by atoms with Crippen molar-refractivity contribution in [2.45, 2.75) is 20.8 Å². The molecule has 0 radical (unpaired) electrons. The molecule has 0 aliphatic heterocycles. The molecule has 0 saturated heterocycles. The number of benzene rings is 2. The van der Waals surface area contributed by atoms with Crippen LogP contribution in [0.4, 0.5) is 10.5 Å². The van der Waals surface area contributed by atoms with Crippen molar-refractivity contribution in [3.63, 3.8) is 0 Å². The highest BCUT2D eigenvalue weighted by molar-refractivity contribution is 6.01. The molecule has 3 aromatic rings. The van der Waals surface area contributed by atoms with E-state index < -0.39 is 12.0 Å². The van der Waals surface area contributed by atoms with Gasteiger partial charge in [-0.3, -0.25) is 0 Å². The van der Waals surface area contributed by atoms with E-state index in [2.05, 4.69) is 20.9 Å². The minimum Gasteiger partial charge on any atom is -0.478 e. The molecular formula is C21H21N5O3. The third kappa shape index (κ3) is 4.49. The van der Waals surface area contributed by atoms with E-state index in [9.17, 15) is 9.59 Å². The standard InChI is InChI=1S/C21H21N5O3/c1-13(19-14(2)25-26(15(19)3)18-7-5-4-6-8-18)23-24-21(29)22-17-11-9-16(10-12-17)20(27)28/h4-12H,1-3H3,(H,27,28)(H2,22,24,29). The summed E-state index contributed by atoms with van der Waals surface area (Å²) in [6.45, 7) is 5.64. The van der Waals surface area contributed by atoms with Crippen LogP contribution in [0.3, 0.4) is 0 Å². The lowest BCUT2D eigenvalue weighted by Gasteiger charge is -2.07. The van der Waals surface area contributed by atoms with E-state index in [-0.39, 0.29) is 5.56 Å². The monoisotopic (exact) mass is 391 g/mol. The minimum atomic E-state index is -1.02. The van der Waals surface area contributed by atoms with Crippen molar-refractivity contribution in [2.75, 3.05) is 5.32 Å². The largest absolute Gasteiger partial charge is 0.478 e. The van der Waals surface area contributed by atoms with Crippen LogP contribution in [0.25, 0.3) is 5.69 Å². The van der Waals surface area contributed by atoms with Gasteiger partial charge in [-0.1, -0.05) is 18.2 Å². The Morgan fingerprint density at radius 3 is 2.31 bits per heavy atom. The molecule has 3 rings (SSSR count). The third-order valence-electron chi connectivity index (χ3n) is 4.37. The van der Waals surface area contributed by atoms with Crippen LogP contribution >= 0.6 is 0 Å². The van der Waals surface area contributed by atoms with E-state index in [1.165, 1.54) is 24.3 Å². The average molecular weight is 391 g/mol. The molecule has 1 heterocycles. The maximum absolute atomic E-state index is 12.1. The highest BCUT2D eigenvalue weighted by Gasteiger charge is 2.15. The van der Waals surface area contributed by atoms with E-state index in [4.69, 9.17) is 5.11 Å². The first-order chi connectivity index (χ1) is 13.9. The van der Waals surface area contributed by atoms with Crippen LogP contribution in [0, 0.1) is 13.8 Å². The van der Waals surface area contributed by atoms with Gasteiger partial charge in [0.15, 0.2) is 0 Å². The van der Waals surface area contributed by atoms with E-state index in [0.29, 0.717) is 11.4 Å². The fourth-order valence-electron chi connectivity index (χ4n) is 3.03. The highest BCUT2D eigenvalue weighted by Crippen LogP contribution is 2.18. The van der Waals surface area contributed by atoms with Crippen molar-refractivity contribution in [2.24, 2.45) is 5.10 Å². The lowest BCUT2D eigenvalue weighted by atomic mass is 10.1. The zero-order valence-corrected chi connectivity index (χ0v) is 16.3. The number of carbonyl (C=O) groups is 2. The normalized spacial score (nSPS) is 11.2. The van der Waals surface area contributed by atoms with Gasteiger partial charge in [0, 0.05) is 11.3 Å². The summed E-state index contributed by atoms with van der Waals surface area (Å²) < 4.78 is 1.84. The number of urea groups is 1. The van der Waals surface area contributed by atoms with E-state index in [0.717, 1.165) is 22.6 Å². The predicted octanol–water partition coefficient (Wildman–Crippen LogP) is 3.73. The summed E-state index contributed by atoms with van der Waals surface area (Å²) in [6.07, 6.45) is 0. The number of nitrogens with one attached hydrogen (secondary N) is 2. The zero-order chi connectivity index (χ0) is 21.0. The van der Waals surface area contributed by atoms with Gasteiger partial charge in [0.1, 0.15) is 0 Å². The maximum Gasteiger partial charge on any atom is 0.339 e. The summed E-state index contributed by atoms with van der Waals surface area (Å²) in [5.41, 5.74) is 7.22. The number of anilines is 1. The van der Waals surface area contributed by atoms with Crippen molar-refractivity contribution < 1.29 is 14.7 Å². The molecule has 0 aliphatic carbocycles. The number of hydrogen-bond acceptors (Lipinski definition) is 4. The molecule has 8 heteroatoms. The average Bonchev–Trinajstić information content (AvgIpc) is 3.01. The fourth-order valence-corrected chi connectivity index (χ4v) is 3.03. The van der Waals surface area contributed by atoms with Gasteiger partial charge in [0.25, 0.3) is 0 Å². The second-order valence-corrected chi connectivity index (χ2v) is 6.44. The van der Waals surface area contributed by atoms with Crippen molar-refractivity contribution in [1.29, 1.82) is 0 Å². The van der Waals surface area contributed by atoms with Crippen LogP contribution in [0.2, 0.25) is 0 Å². The highest BCUT2D eigenvalue weighted by atomic mass is 16.4. The minimum absolute atomic E-state index is 0.145. The summed E-state index contributed by atoms with van der Waals surface area (Å²) >= 11 is 0. The first-order valence-electron chi connectivity index (χ1n) is 8.93. The van der Waals surface area contributed by atoms with Crippen LogP contribution in [-0.4, -0.2) is 32.6 Å². The van der Waals surface area contributed by atoms with Gasteiger partial charge in [0.05, 0.1) is 28.4 Å². The summed E-state index contributed by atoms with van der Waals surface area (Å²) in [4.78, 5) is 23.0. The Morgan fingerprint density at radius 2 is 1.69 bits per heavy atom. The van der Waals surface area contributed by atoms with Gasteiger partial charge in [-0.25, -0.2) is 19.7 Å². The molecule has 148 valence electrons. The third-order valence-corrected chi connectivity index (χ3v) is 4.37. The Labute approximate surface area is 167 Å². The number of carbonyl (C=O) groups excluding carboxylic acids is 1. The summed E-state index contributed by atoms with van der Waals surface area (Å²) in [6, 6.07) is 15.1. The second kappa shape index (κ2) is 8.39. The second-order valence-electron chi connectivity index (χ2n) is 6.44. The molecule has 1 aromatic heterocycles. The number of amides is 2. The lowest BCUT2D eigenvalue weighted by Crippen LogP contribution is -2.25. The number of hydrogen-bond donors (Lipinski definition) is 3. The number of aromatic carboxylic acids is 1. The van der Waals surface area contributed by atoms with Gasteiger partial charge < -0.3 is 10.4 Å². The molecule has 29 heavy (non-hydrogen) atoms. The van der Waals surface area contributed by atoms with Gasteiger partial charge in [0.2, 0.25) is 0 Å². The zero-order valence-electron chi connectivity index (χ0n) is 16.3. The topological polar surface area (TPSA) is 109 Å². The van der Waals surface area contributed by atoms with Crippen molar-refractivity contribution >= 4 is 23.4 Å². The summed E-state index contributed by atoms with van der Waals surface area (Å²) in [5.74, 6) is -1.02. The number of nitrogens with zero attached hydrogens (tertiary/aromatic N) is 3. The molecule has 0 fully saturated rings. The van der Waals surface area contributed by atoms with Crippen molar-refractivity contribution in [3.8, 4) is 5.69 Å². The Kier molecular flexibility index (Phi) is 5.73. The first kappa shape index (κ1) is 19.8. The molecule has 0 bridgehead atoms. The van der Waals surface area contributed by atoms with Crippen LogP contribution in [0.5, 0.6) is 0 Å².